The molecule has 1 fully saturated rings. The molecule has 4 heteroatoms. The zero-order valence-corrected chi connectivity index (χ0v) is 7.21. The second kappa shape index (κ2) is 2.53. The molecule has 1 heterocycles. The van der Waals surface area contributed by atoms with E-state index in [9.17, 15) is 5.11 Å². The van der Waals surface area contributed by atoms with E-state index in [0.717, 1.165) is 0 Å². The quantitative estimate of drug-likeness (QED) is 0.421. The highest BCUT2D eigenvalue weighted by molar-refractivity contribution is 7.17. The smallest absolute Gasteiger partial charge is 0.170 e. The van der Waals surface area contributed by atoms with Crippen LogP contribution in [0.5, 0.6) is 0 Å². The molecule has 0 spiro atoms. The molecule has 0 amide bonds. The van der Waals surface area contributed by atoms with Crippen LogP contribution in [0.3, 0.4) is 0 Å². The summed E-state index contributed by atoms with van der Waals surface area (Å²) in [6.07, 6.45) is 3.39. The second-order valence-corrected chi connectivity index (χ2v) is 3.77. The lowest BCUT2D eigenvalue weighted by atomic mass is 9.96. The Hall–Kier alpha value is 0.0500. The number of aliphatic hydroxyl groups excluding tert-OH is 1. The van der Waals surface area contributed by atoms with Gasteiger partial charge < -0.3 is 15.6 Å². The average molecular weight is 173 g/mol. The number of hydrogen-bond acceptors (Lipinski definition) is 3. The summed E-state index contributed by atoms with van der Waals surface area (Å²) in [6.45, 7) is 0. The maximum Gasteiger partial charge on any atom is 0.170 e. The van der Waals surface area contributed by atoms with E-state index in [0.29, 0.717) is 5.92 Å². The van der Waals surface area contributed by atoms with Crippen LogP contribution in [0.25, 0.3) is 0 Å². The molecule has 5 unspecified atom stereocenters. The second-order valence-electron chi connectivity index (χ2n) is 3.11. The Morgan fingerprint density at radius 2 is 2.09 bits per heavy atom. The number of hydrogen-bond donors (Lipinski definition) is 2. The van der Waals surface area contributed by atoms with E-state index in [1.807, 2.05) is 0 Å². The minimum atomic E-state index is -0.787. The van der Waals surface area contributed by atoms with Gasteiger partial charge in [0, 0.05) is 11.8 Å². The molecule has 1 saturated heterocycles. The molecular weight excluding hydrogens is 161 g/mol. The summed E-state index contributed by atoms with van der Waals surface area (Å²) in [5, 5.41) is 9.23. The molecule has 5 atom stereocenters. The zero-order chi connectivity index (χ0) is 8.01. The van der Waals surface area contributed by atoms with E-state index in [-0.39, 0.29) is 17.8 Å². The van der Waals surface area contributed by atoms with Crippen LogP contribution in [-0.2, 0) is 4.74 Å². The van der Waals surface area contributed by atoms with Gasteiger partial charge in [0.05, 0.1) is 11.9 Å². The lowest BCUT2D eigenvalue weighted by Gasteiger charge is -2.16. The van der Waals surface area contributed by atoms with Gasteiger partial charge in [-0.05, 0) is 0 Å². The largest absolute Gasteiger partial charge is 0.367 e. The third-order valence-electron chi connectivity index (χ3n) is 2.31. The van der Waals surface area contributed by atoms with Crippen molar-refractivity contribution < 1.29 is 9.84 Å². The SMILES string of the molecule is NC1C(O)OC(P)C1C1C=C1. The van der Waals surface area contributed by atoms with Gasteiger partial charge in [0.1, 0.15) is 0 Å². The van der Waals surface area contributed by atoms with Crippen LogP contribution in [0.1, 0.15) is 0 Å². The van der Waals surface area contributed by atoms with Crippen LogP contribution in [0.15, 0.2) is 12.2 Å². The standard InChI is InChI=1S/C7H12NO2P/c8-5-4(3-1-2-3)7(11)10-6(5)9/h1-7,9H,8,11H2. The van der Waals surface area contributed by atoms with Crippen molar-refractivity contribution in [2.75, 3.05) is 0 Å². The van der Waals surface area contributed by atoms with Crippen LogP contribution < -0.4 is 5.73 Å². The van der Waals surface area contributed by atoms with Crippen LogP contribution in [-0.4, -0.2) is 23.3 Å². The number of allylic oxidation sites excluding steroid dienone is 2. The summed E-state index contributed by atoms with van der Waals surface area (Å²) in [5.41, 5.74) is 5.73. The van der Waals surface area contributed by atoms with Gasteiger partial charge in [0.25, 0.3) is 0 Å². The Morgan fingerprint density at radius 1 is 1.45 bits per heavy atom. The van der Waals surface area contributed by atoms with E-state index in [4.69, 9.17) is 10.5 Å². The molecule has 0 aromatic rings. The first-order chi connectivity index (χ1) is 5.20. The van der Waals surface area contributed by atoms with Crippen molar-refractivity contribution in [3.8, 4) is 0 Å². The van der Waals surface area contributed by atoms with Gasteiger partial charge in [0.15, 0.2) is 6.29 Å². The van der Waals surface area contributed by atoms with Crippen molar-refractivity contribution in [1.29, 1.82) is 0 Å². The molecule has 0 saturated carbocycles. The summed E-state index contributed by atoms with van der Waals surface area (Å²) >= 11 is 0. The maximum atomic E-state index is 9.23. The molecule has 0 aromatic heterocycles. The lowest BCUT2D eigenvalue weighted by Crippen LogP contribution is -2.37. The fraction of sp³-hybridized carbons (Fsp3) is 0.714. The molecule has 0 radical (unpaired) electrons. The van der Waals surface area contributed by atoms with Crippen LogP contribution in [0, 0.1) is 11.8 Å². The highest BCUT2D eigenvalue weighted by Crippen LogP contribution is 2.40. The summed E-state index contributed by atoms with van der Waals surface area (Å²) in [7, 11) is 2.57. The molecule has 11 heavy (non-hydrogen) atoms. The molecule has 0 aromatic carbocycles. The molecule has 2 rings (SSSR count). The van der Waals surface area contributed by atoms with E-state index < -0.39 is 6.29 Å². The van der Waals surface area contributed by atoms with Gasteiger partial charge in [-0.1, -0.05) is 12.2 Å². The van der Waals surface area contributed by atoms with E-state index >= 15 is 0 Å². The van der Waals surface area contributed by atoms with Crippen molar-refractivity contribution >= 4 is 9.24 Å². The van der Waals surface area contributed by atoms with Crippen molar-refractivity contribution in [2.24, 2.45) is 17.6 Å². The van der Waals surface area contributed by atoms with Crippen molar-refractivity contribution in [3.05, 3.63) is 12.2 Å². The summed E-state index contributed by atoms with van der Waals surface area (Å²) in [6, 6.07) is -0.238. The Morgan fingerprint density at radius 3 is 2.45 bits per heavy atom. The first-order valence-electron chi connectivity index (χ1n) is 3.73. The average Bonchev–Trinajstić information content (AvgIpc) is 2.68. The number of ether oxygens (including phenoxy) is 1. The Balaban J connectivity index is 2.05. The minimum absolute atomic E-state index is 0.000000000000000222. The third kappa shape index (κ3) is 1.23. The highest BCUT2D eigenvalue weighted by Gasteiger charge is 2.44. The highest BCUT2D eigenvalue weighted by atomic mass is 31.0. The van der Waals surface area contributed by atoms with E-state index in [2.05, 4.69) is 21.4 Å². The molecular formula is C7H12NO2P. The van der Waals surface area contributed by atoms with E-state index in [1.165, 1.54) is 0 Å². The molecule has 1 aliphatic heterocycles. The van der Waals surface area contributed by atoms with Crippen molar-refractivity contribution in [2.45, 2.75) is 18.2 Å². The number of nitrogens with two attached hydrogens (primary N) is 1. The molecule has 62 valence electrons. The Kier molecular flexibility index (Phi) is 1.77. The minimum Gasteiger partial charge on any atom is -0.367 e. The lowest BCUT2D eigenvalue weighted by molar-refractivity contribution is -0.0752. The van der Waals surface area contributed by atoms with Crippen LogP contribution in [0.4, 0.5) is 0 Å². The van der Waals surface area contributed by atoms with Gasteiger partial charge in [-0.15, -0.1) is 9.24 Å². The number of rotatable bonds is 1. The molecule has 3 nitrogen and oxygen atoms in total. The van der Waals surface area contributed by atoms with Gasteiger partial charge in [-0.2, -0.15) is 0 Å². The predicted molar refractivity (Wildman–Crippen MR) is 44.7 cm³/mol. The molecule has 2 aliphatic rings. The van der Waals surface area contributed by atoms with Gasteiger partial charge >= 0.3 is 0 Å². The first-order valence-corrected chi connectivity index (χ1v) is 4.40. The van der Waals surface area contributed by atoms with Crippen molar-refractivity contribution in [3.63, 3.8) is 0 Å². The summed E-state index contributed by atoms with van der Waals surface area (Å²) in [4.78, 5) is 0. The normalized spacial score (nSPS) is 50.1. The van der Waals surface area contributed by atoms with Crippen LogP contribution >= 0.6 is 9.24 Å². The summed E-state index contributed by atoms with van der Waals surface area (Å²) in [5.74, 6) is 0.694. The molecule has 1 aliphatic carbocycles. The number of aliphatic hydroxyl groups is 1. The monoisotopic (exact) mass is 173 g/mol. The Labute approximate surface area is 67.8 Å². The van der Waals surface area contributed by atoms with E-state index in [1.54, 1.807) is 0 Å². The Bertz CT molecular complexity index is 191. The third-order valence-corrected chi connectivity index (χ3v) is 2.91. The fourth-order valence-corrected chi connectivity index (χ4v) is 2.22. The predicted octanol–water partition coefficient (Wildman–Crippen LogP) is -0.334. The van der Waals surface area contributed by atoms with Crippen molar-refractivity contribution in [1.82, 2.24) is 0 Å². The van der Waals surface area contributed by atoms with Crippen LogP contribution in [0.2, 0.25) is 0 Å². The van der Waals surface area contributed by atoms with Gasteiger partial charge in [-0.3, -0.25) is 0 Å². The topological polar surface area (TPSA) is 55.5 Å². The fourth-order valence-electron chi connectivity index (χ4n) is 1.55. The molecule has 3 N–H and O–H groups in total. The first kappa shape index (κ1) is 7.69. The zero-order valence-electron chi connectivity index (χ0n) is 6.05. The summed E-state index contributed by atoms with van der Waals surface area (Å²) < 4.78 is 5.14. The van der Waals surface area contributed by atoms with Gasteiger partial charge in [0.2, 0.25) is 0 Å². The molecule has 0 bridgehead atoms. The van der Waals surface area contributed by atoms with Gasteiger partial charge in [-0.25, -0.2) is 0 Å². The maximum absolute atomic E-state index is 9.23.